The largest absolute Gasteiger partial charge is 0.363 e. The first kappa shape index (κ1) is 14.8. The third-order valence-corrected chi connectivity index (χ3v) is 6.09. The van der Waals surface area contributed by atoms with Gasteiger partial charge in [-0.15, -0.1) is 0 Å². The van der Waals surface area contributed by atoms with E-state index >= 15 is 0 Å². The number of hydrogen-bond donors (Lipinski definition) is 0. The topological polar surface area (TPSA) is 27.7 Å². The van der Waals surface area contributed by atoms with Crippen LogP contribution in [0.5, 0.6) is 0 Å². The van der Waals surface area contributed by atoms with Crippen LogP contribution in [0.4, 0.5) is 0 Å². The van der Waals surface area contributed by atoms with Crippen LogP contribution < -0.4 is 0 Å². The van der Waals surface area contributed by atoms with Crippen LogP contribution in [0.2, 0.25) is 0 Å². The SMILES string of the molecule is CCC(C)(C)[C@H]1C[C@@]2(C)O[C@@](C)(C1)[C@@H]1OC(C)(C)O[C@@H]12. The maximum Gasteiger partial charge on any atom is 0.164 e. The van der Waals surface area contributed by atoms with E-state index in [1.54, 1.807) is 0 Å². The highest BCUT2D eigenvalue weighted by Gasteiger charge is 2.69. The molecule has 0 aromatic heterocycles. The molecular formula is C17H30O3. The highest BCUT2D eigenvalue weighted by molar-refractivity contribution is 5.15. The van der Waals surface area contributed by atoms with Crippen molar-refractivity contribution >= 4 is 0 Å². The van der Waals surface area contributed by atoms with Crippen molar-refractivity contribution in [3.63, 3.8) is 0 Å². The van der Waals surface area contributed by atoms with E-state index in [1.807, 2.05) is 13.8 Å². The molecule has 0 N–H and O–H groups in total. The summed E-state index contributed by atoms with van der Waals surface area (Å²) in [5.41, 5.74) is -0.0639. The van der Waals surface area contributed by atoms with Gasteiger partial charge in [-0.1, -0.05) is 27.2 Å². The Morgan fingerprint density at radius 1 is 0.950 bits per heavy atom. The standard InChI is InChI=1S/C17H30O3/c1-8-14(2,3)11-9-16(6)12-13(17(7,10-11)20-16)19-15(4,5)18-12/h11-13H,8-10H2,1-7H3/t11-,12-,13+,16+,17-. The van der Waals surface area contributed by atoms with Crippen LogP contribution in [0.15, 0.2) is 0 Å². The Hall–Kier alpha value is -0.120. The molecule has 116 valence electrons. The fourth-order valence-electron chi connectivity index (χ4n) is 4.51. The van der Waals surface area contributed by atoms with Crippen molar-refractivity contribution in [3.05, 3.63) is 0 Å². The van der Waals surface area contributed by atoms with Crippen LogP contribution in [0, 0.1) is 11.3 Å². The summed E-state index contributed by atoms with van der Waals surface area (Å²) in [4.78, 5) is 0. The second kappa shape index (κ2) is 3.99. The van der Waals surface area contributed by atoms with E-state index in [2.05, 4.69) is 34.6 Å². The lowest BCUT2D eigenvalue weighted by Crippen LogP contribution is -2.50. The molecule has 2 bridgehead atoms. The summed E-state index contributed by atoms with van der Waals surface area (Å²) in [7, 11) is 0. The zero-order valence-electron chi connectivity index (χ0n) is 14.1. The predicted octanol–water partition coefficient (Wildman–Crippen LogP) is 3.90. The first-order valence-electron chi connectivity index (χ1n) is 8.07. The van der Waals surface area contributed by atoms with E-state index in [-0.39, 0.29) is 23.4 Å². The molecule has 0 amide bonds. The molecule has 3 nitrogen and oxygen atoms in total. The van der Waals surface area contributed by atoms with Gasteiger partial charge in [-0.05, 0) is 51.9 Å². The van der Waals surface area contributed by atoms with Gasteiger partial charge in [0.15, 0.2) is 5.79 Å². The fraction of sp³-hybridized carbons (Fsp3) is 1.00. The van der Waals surface area contributed by atoms with Gasteiger partial charge in [-0.3, -0.25) is 0 Å². The quantitative estimate of drug-likeness (QED) is 0.769. The van der Waals surface area contributed by atoms with Crippen LogP contribution in [-0.2, 0) is 14.2 Å². The lowest BCUT2D eigenvalue weighted by molar-refractivity contribution is -0.252. The Labute approximate surface area is 123 Å². The average molecular weight is 282 g/mol. The second-order valence-corrected chi connectivity index (χ2v) is 8.65. The normalized spacial score (nSPS) is 50.2. The molecule has 0 unspecified atom stereocenters. The first-order chi connectivity index (χ1) is 9.01. The Morgan fingerprint density at radius 2 is 1.40 bits per heavy atom. The van der Waals surface area contributed by atoms with Crippen molar-refractivity contribution in [1.29, 1.82) is 0 Å². The van der Waals surface area contributed by atoms with Crippen molar-refractivity contribution in [2.45, 2.75) is 96.9 Å². The summed E-state index contributed by atoms with van der Waals surface area (Å²) >= 11 is 0. The summed E-state index contributed by atoms with van der Waals surface area (Å²) in [5, 5.41) is 0. The third kappa shape index (κ3) is 1.97. The molecule has 0 saturated carbocycles. The Morgan fingerprint density at radius 3 is 1.80 bits per heavy atom. The van der Waals surface area contributed by atoms with Gasteiger partial charge >= 0.3 is 0 Å². The monoisotopic (exact) mass is 282 g/mol. The lowest BCUT2D eigenvalue weighted by Gasteiger charge is -2.48. The minimum absolute atomic E-state index is 0.0696. The Balaban J connectivity index is 1.93. The van der Waals surface area contributed by atoms with Crippen molar-refractivity contribution in [1.82, 2.24) is 0 Å². The molecule has 3 saturated heterocycles. The van der Waals surface area contributed by atoms with Crippen LogP contribution in [0.1, 0.15) is 67.7 Å². The molecule has 0 radical (unpaired) electrons. The van der Waals surface area contributed by atoms with E-state index in [4.69, 9.17) is 14.2 Å². The van der Waals surface area contributed by atoms with Crippen LogP contribution >= 0.6 is 0 Å². The van der Waals surface area contributed by atoms with Crippen molar-refractivity contribution in [3.8, 4) is 0 Å². The number of rotatable bonds is 2. The molecule has 3 heteroatoms. The van der Waals surface area contributed by atoms with Crippen LogP contribution in [0.25, 0.3) is 0 Å². The molecule has 3 fully saturated rings. The van der Waals surface area contributed by atoms with Gasteiger partial charge in [0.05, 0.1) is 11.2 Å². The fourth-order valence-corrected chi connectivity index (χ4v) is 4.51. The molecule has 20 heavy (non-hydrogen) atoms. The van der Waals surface area contributed by atoms with Crippen molar-refractivity contribution < 1.29 is 14.2 Å². The van der Waals surface area contributed by atoms with Gasteiger partial charge in [0.25, 0.3) is 0 Å². The van der Waals surface area contributed by atoms with Crippen molar-refractivity contribution in [2.24, 2.45) is 11.3 Å². The third-order valence-electron chi connectivity index (χ3n) is 6.09. The molecule has 3 heterocycles. The number of ether oxygens (including phenoxy) is 3. The van der Waals surface area contributed by atoms with Gasteiger partial charge in [0, 0.05) is 0 Å². The first-order valence-corrected chi connectivity index (χ1v) is 8.07. The average Bonchev–Trinajstić information content (AvgIpc) is 2.71. The molecular weight excluding hydrogens is 252 g/mol. The van der Waals surface area contributed by atoms with Crippen LogP contribution in [0.3, 0.4) is 0 Å². The van der Waals surface area contributed by atoms with Gasteiger partial charge in [-0.25, -0.2) is 0 Å². The van der Waals surface area contributed by atoms with Gasteiger partial charge in [0.1, 0.15) is 12.2 Å². The van der Waals surface area contributed by atoms with Crippen LogP contribution in [-0.4, -0.2) is 29.2 Å². The zero-order valence-corrected chi connectivity index (χ0v) is 14.1. The van der Waals surface area contributed by atoms with E-state index in [0.29, 0.717) is 11.3 Å². The molecule has 5 atom stereocenters. The predicted molar refractivity (Wildman–Crippen MR) is 78.5 cm³/mol. The van der Waals surface area contributed by atoms with E-state index in [0.717, 1.165) is 12.8 Å². The van der Waals surface area contributed by atoms with E-state index in [9.17, 15) is 0 Å². The van der Waals surface area contributed by atoms with Gasteiger partial charge in [-0.2, -0.15) is 0 Å². The van der Waals surface area contributed by atoms with E-state index < -0.39 is 5.79 Å². The minimum Gasteiger partial charge on any atom is -0.363 e. The molecule has 3 rings (SSSR count). The summed E-state index contributed by atoms with van der Waals surface area (Å²) in [6.07, 6.45) is 3.49. The number of fused-ring (bicyclic) bond motifs is 5. The van der Waals surface area contributed by atoms with Crippen molar-refractivity contribution in [2.75, 3.05) is 0 Å². The molecule has 3 aliphatic rings. The number of hydrogen-bond acceptors (Lipinski definition) is 3. The summed E-state index contributed by atoms with van der Waals surface area (Å²) in [5.74, 6) is 0.187. The maximum atomic E-state index is 6.45. The van der Waals surface area contributed by atoms with Gasteiger partial charge < -0.3 is 14.2 Å². The van der Waals surface area contributed by atoms with Gasteiger partial charge in [0.2, 0.25) is 0 Å². The molecule has 0 spiro atoms. The van der Waals surface area contributed by atoms with E-state index in [1.165, 1.54) is 6.42 Å². The molecule has 0 aromatic carbocycles. The maximum absolute atomic E-state index is 6.45. The highest BCUT2D eigenvalue weighted by Crippen LogP contribution is 2.59. The second-order valence-electron chi connectivity index (χ2n) is 8.65. The summed E-state index contributed by atoms with van der Waals surface area (Å²) in [6, 6.07) is 0. The Bertz CT molecular complexity index is 388. The lowest BCUT2D eigenvalue weighted by atomic mass is 9.68. The Kier molecular flexibility index (Phi) is 2.96. The molecule has 0 aromatic rings. The molecule has 3 aliphatic heterocycles. The molecule has 0 aliphatic carbocycles. The smallest absolute Gasteiger partial charge is 0.164 e. The summed E-state index contributed by atoms with van der Waals surface area (Å²) < 4.78 is 18.9. The zero-order chi connectivity index (χ0) is 15.0. The summed E-state index contributed by atoms with van der Waals surface area (Å²) in [6.45, 7) is 15.5. The highest BCUT2D eigenvalue weighted by atomic mass is 16.8. The minimum atomic E-state index is -0.477.